The van der Waals surface area contributed by atoms with Crippen LogP contribution in [-0.4, -0.2) is 30.5 Å². The van der Waals surface area contributed by atoms with E-state index in [1.807, 2.05) is 66.9 Å². The normalized spacial score (nSPS) is 15.7. The number of carbonyl (C=O) groups is 2. The van der Waals surface area contributed by atoms with Gasteiger partial charge in [0.2, 0.25) is 11.8 Å². The second-order valence-corrected chi connectivity index (χ2v) is 8.32. The molecule has 1 aliphatic rings. The molecule has 1 aliphatic heterocycles. The summed E-state index contributed by atoms with van der Waals surface area (Å²) in [6.07, 6.45) is 3.83. The van der Waals surface area contributed by atoms with E-state index in [0.29, 0.717) is 6.54 Å². The van der Waals surface area contributed by atoms with Crippen LogP contribution in [0.25, 0.3) is 0 Å². The summed E-state index contributed by atoms with van der Waals surface area (Å²) < 4.78 is 5.16. The lowest BCUT2D eigenvalue weighted by atomic mass is 10.1. The third-order valence-corrected chi connectivity index (χ3v) is 6.21. The topological polar surface area (TPSA) is 71.5 Å². The highest BCUT2D eigenvalue weighted by Crippen LogP contribution is 2.28. The molecule has 3 aromatic rings. The molecule has 0 spiro atoms. The Morgan fingerprint density at radius 1 is 1.16 bits per heavy atom. The van der Waals surface area contributed by atoms with Crippen molar-refractivity contribution >= 4 is 35.0 Å². The maximum absolute atomic E-state index is 12.7. The number of aromatic nitrogens is 1. The number of carbonyl (C=O) groups excluding carboxylic acids is 2. The Kier molecular flexibility index (Phi) is 6.52. The van der Waals surface area contributed by atoms with Crippen LogP contribution in [0.1, 0.15) is 12.0 Å². The van der Waals surface area contributed by atoms with Gasteiger partial charge in [0, 0.05) is 47.4 Å². The number of methoxy groups -OCH3 is 1. The quantitative estimate of drug-likeness (QED) is 0.560. The van der Waals surface area contributed by atoms with E-state index >= 15 is 0 Å². The zero-order valence-electron chi connectivity index (χ0n) is 17.2. The highest BCUT2D eigenvalue weighted by atomic mass is 32.2. The van der Waals surface area contributed by atoms with E-state index in [-0.39, 0.29) is 24.2 Å². The number of thioether (sulfide) groups is 1. The molecular weight excluding hydrogens is 410 g/mol. The van der Waals surface area contributed by atoms with Gasteiger partial charge in [0.15, 0.2) is 0 Å². The average molecular weight is 434 g/mol. The van der Waals surface area contributed by atoms with Crippen LogP contribution < -0.4 is 15.0 Å². The molecule has 7 heteroatoms. The van der Waals surface area contributed by atoms with Crippen LogP contribution in [0.15, 0.2) is 78.0 Å². The number of pyridine rings is 1. The number of ether oxygens (including phenoxy) is 1. The third kappa shape index (κ3) is 5.24. The van der Waals surface area contributed by atoms with E-state index in [4.69, 9.17) is 4.74 Å². The number of nitrogens with one attached hydrogen (secondary N) is 1. The summed E-state index contributed by atoms with van der Waals surface area (Å²) in [5, 5.41) is 2.94. The van der Waals surface area contributed by atoms with Gasteiger partial charge in [-0.05, 0) is 60.2 Å². The first-order valence-corrected chi connectivity index (χ1v) is 11.0. The fraction of sp³-hybridized carbons (Fsp3) is 0.208. The van der Waals surface area contributed by atoms with E-state index in [1.165, 1.54) is 0 Å². The van der Waals surface area contributed by atoms with Crippen molar-refractivity contribution in [3.05, 3.63) is 78.6 Å². The number of hydrogen-bond donors (Lipinski definition) is 1. The largest absolute Gasteiger partial charge is 0.497 e. The summed E-state index contributed by atoms with van der Waals surface area (Å²) in [7, 11) is 1.60. The molecule has 158 valence electrons. The van der Waals surface area contributed by atoms with Crippen molar-refractivity contribution in [2.75, 3.05) is 23.9 Å². The number of anilines is 2. The van der Waals surface area contributed by atoms with Gasteiger partial charge in [-0.25, -0.2) is 0 Å². The van der Waals surface area contributed by atoms with Gasteiger partial charge in [-0.1, -0.05) is 6.07 Å². The standard InChI is InChI=1S/C24H23N3O3S/c1-30-21-8-6-20(7-9-21)27-15-18(13-23(27)28)24(29)26-19-4-10-22(11-5-19)31-16-17-3-2-12-25-14-17/h2-12,14,18H,13,15-16H2,1H3,(H,26,29). The Balaban J connectivity index is 1.32. The SMILES string of the molecule is COc1ccc(N2CC(C(=O)Nc3ccc(SCc4cccnc4)cc3)CC2=O)cc1. The van der Waals surface area contributed by atoms with E-state index in [9.17, 15) is 9.59 Å². The van der Waals surface area contributed by atoms with Crippen molar-refractivity contribution in [3.63, 3.8) is 0 Å². The molecule has 2 amide bonds. The van der Waals surface area contributed by atoms with Crippen molar-refractivity contribution in [1.29, 1.82) is 0 Å². The summed E-state index contributed by atoms with van der Waals surface area (Å²) in [6.45, 7) is 0.371. The molecule has 0 aliphatic carbocycles. The van der Waals surface area contributed by atoms with Crippen LogP contribution in [0.3, 0.4) is 0 Å². The van der Waals surface area contributed by atoms with Crippen LogP contribution in [-0.2, 0) is 15.3 Å². The molecule has 1 atom stereocenters. The van der Waals surface area contributed by atoms with E-state index < -0.39 is 0 Å². The van der Waals surface area contributed by atoms with Crippen LogP contribution >= 0.6 is 11.8 Å². The Hall–Kier alpha value is -3.32. The van der Waals surface area contributed by atoms with Crippen molar-refractivity contribution in [1.82, 2.24) is 4.98 Å². The molecule has 1 unspecified atom stereocenters. The Bertz CT molecular complexity index is 1040. The Morgan fingerprint density at radius 3 is 2.61 bits per heavy atom. The molecule has 2 aromatic carbocycles. The summed E-state index contributed by atoms with van der Waals surface area (Å²) in [6, 6.07) is 19.0. The summed E-state index contributed by atoms with van der Waals surface area (Å²) >= 11 is 1.71. The average Bonchev–Trinajstić information content (AvgIpc) is 3.21. The zero-order valence-corrected chi connectivity index (χ0v) is 18.0. The molecule has 1 saturated heterocycles. The minimum absolute atomic E-state index is 0.0486. The van der Waals surface area contributed by atoms with Crippen LogP contribution in [0.2, 0.25) is 0 Å². The number of hydrogen-bond acceptors (Lipinski definition) is 5. The molecule has 0 radical (unpaired) electrons. The lowest BCUT2D eigenvalue weighted by molar-refractivity contribution is -0.122. The first-order chi connectivity index (χ1) is 15.1. The number of amides is 2. The van der Waals surface area contributed by atoms with E-state index in [0.717, 1.165) is 33.3 Å². The monoisotopic (exact) mass is 433 g/mol. The second kappa shape index (κ2) is 9.66. The predicted octanol–water partition coefficient (Wildman–Crippen LogP) is 4.37. The smallest absolute Gasteiger partial charge is 0.229 e. The van der Waals surface area contributed by atoms with Gasteiger partial charge in [0.1, 0.15) is 5.75 Å². The first kappa shape index (κ1) is 20.9. The summed E-state index contributed by atoms with van der Waals surface area (Å²) in [5.74, 6) is 0.999. The molecule has 4 rings (SSSR count). The van der Waals surface area contributed by atoms with Crippen LogP contribution in [0, 0.1) is 5.92 Å². The van der Waals surface area contributed by atoms with Gasteiger partial charge in [-0.2, -0.15) is 0 Å². The van der Waals surface area contributed by atoms with Crippen molar-refractivity contribution in [2.24, 2.45) is 5.92 Å². The van der Waals surface area contributed by atoms with Crippen LogP contribution in [0.4, 0.5) is 11.4 Å². The fourth-order valence-corrected chi connectivity index (χ4v) is 4.26. The lowest BCUT2D eigenvalue weighted by Gasteiger charge is -2.17. The second-order valence-electron chi connectivity index (χ2n) is 7.27. The lowest BCUT2D eigenvalue weighted by Crippen LogP contribution is -2.28. The minimum Gasteiger partial charge on any atom is -0.497 e. The molecule has 1 N–H and O–H groups in total. The van der Waals surface area contributed by atoms with E-state index in [1.54, 1.807) is 30.0 Å². The van der Waals surface area contributed by atoms with Gasteiger partial charge >= 0.3 is 0 Å². The van der Waals surface area contributed by atoms with Gasteiger partial charge in [-0.3, -0.25) is 14.6 Å². The van der Waals surface area contributed by atoms with Crippen molar-refractivity contribution < 1.29 is 14.3 Å². The van der Waals surface area contributed by atoms with E-state index in [2.05, 4.69) is 10.3 Å². The first-order valence-electron chi connectivity index (χ1n) is 9.99. The summed E-state index contributed by atoms with van der Waals surface area (Å²) in [5.41, 5.74) is 2.67. The van der Waals surface area contributed by atoms with Crippen LogP contribution in [0.5, 0.6) is 5.75 Å². The molecule has 1 aromatic heterocycles. The van der Waals surface area contributed by atoms with Gasteiger partial charge in [0.25, 0.3) is 0 Å². The number of rotatable bonds is 7. The molecule has 0 saturated carbocycles. The highest BCUT2D eigenvalue weighted by molar-refractivity contribution is 7.98. The zero-order chi connectivity index (χ0) is 21.6. The van der Waals surface area contributed by atoms with Crippen molar-refractivity contribution in [3.8, 4) is 5.75 Å². The molecule has 1 fully saturated rings. The van der Waals surface area contributed by atoms with Gasteiger partial charge in [0.05, 0.1) is 13.0 Å². The minimum atomic E-state index is -0.380. The number of nitrogens with zero attached hydrogens (tertiary/aromatic N) is 2. The highest BCUT2D eigenvalue weighted by Gasteiger charge is 2.35. The molecule has 2 heterocycles. The maximum Gasteiger partial charge on any atom is 0.229 e. The third-order valence-electron chi connectivity index (χ3n) is 5.13. The van der Waals surface area contributed by atoms with Crippen molar-refractivity contribution in [2.45, 2.75) is 17.1 Å². The number of benzene rings is 2. The molecule has 31 heavy (non-hydrogen) atoms. The molecule has 0 bridgehead atoms. The summed E-state index contributed by atoms with van der Waals surface area (Å²) in [4.78, 5) is 32.0. The fourth-order valence-electron chi connectivity index (χ4n) is 3.42. The maximum atomic E-state index is 12.7. The predicted molar refractivity (Wildman–Crippen MR) is 122 cm³/mol. The molecular formula is C24H23N3O3S. The Labute approximate surface area is 185 Å². The van der Waals surface area contributed by atoms with Gasteiger partial charge in [-0.15, -0.1) is 11.8 Å². The Morgan fingerprint density at radius 2 is 1.94 bits per heavy atom. The van der Waals surface area contributed by atoms with Gasteiger partial charge < -0.3 is 15.0 Å². The molecule has 6 nitrogen and oxygen atoms in total.